The number of hydrogen-bond donors (Lipinski definition) is 2. The fourth-order valence-corrected chi connectivity index (χ4v) is 4.54. The van der Waals surface area contributed by atoms with E-state index in [2.05, 4.69) is 0 Å². The van der Waals surface area contributed by atoms with Gasteiger partial charge in [-0.2, -0.15) is 0 Å². The minimum absolute atomic E-state index is 0.0764. The summed E-state index contributed by atoms with van der Waals surface area (Å²) in [5.41, 5.74) is -2.30. The van der Waals surface area contributed by atoms with Gasteiger partial charge in [0, 0.05) is 38.9 Å². The molecule has 2 N–H and O–H groups in total. The maximum atomic E-state index is 14.0. The molecule has 0 bridgehead atoms. The number of pyridine rings is 1. The molecule has 9 nitrogen and oxygen atoms in total. The monoisotopic (exact) mass is 535 g/mol. The number of aromatic hydroxyl groups is 1. The van der Waals surface area contributed by atoms with Crippen molar-refractivity contribution in [3.8, 4) is 5.75 Å². The number of aryl methyl sites for hydroxylation is 1. The molecule has 0 saturated heterocycles. The first kappa shape index (κ1) is 29.2. The van der Waals surface area contributed by atoms with Crippen LogP contribution in [-0.2, 0) is 11.2 Å². The van der Waals surface area contributed by atoms with Crippen LogP contribution in [0.3, 0.4) is 0 Å². The van der Waals surface area contributed by atoms with Gasteiger partial charge in [-0.15, -0.1) is 0 Å². The zero-order valence-electron chi connectivity index (χ0n) is 22.0. The van der Waals surface area contributed by atoms with Crippen molar-refractivity contribution in [1.29, 1.82) is 0 Å². The first-order valence-electron chi connectivity index (χ1n) is 12.8. The van der Waals surface area contributed by atoms with E-state index in [1.807, 2.05) is 13.8 Å². The third-order valence-corrected chi connectivity index (χ3v) is 7.17. The summed E-state index contributed by atoms with van der Waals surface area (Å²) < 4.78 is 33.6. The highest BCUT2D eigenvalue weighted by atomic mass is 19.1. The molecule has 1 aromatic heterocycles. The number of aliphatic hydroxyl groups is 1. The second-order valence-electron chi connectivity index (χ2n) is 9.54. The second kappa shape index (κ2) is 12.5. The van der Waals surface area contributed by atoms with Crippen molar-refractivity contribution in [2.24, 2.45) is 0 Å². The van der Waals surface area contributed by atoms with Crippen molar-refractivity contribution in [2.45, 2.75) is 58.0 Å². The van der Waals surface area contributed by atoms with Gasteiger partial charge >= 0.3 is 0 Å². The van der Waals surface area contributed by atoms with Gasteiger partial charge in [-0.1, -0.05) is 19.9 Å². The number of carbonyl (C=O) groups is 2. The smallest absolute Gasteiger partial charge is 0.277 e. The number of rotatable bonds is 13. The van der Waals surface area contributed by atoms with Gasteiger partial charge in [-0.3, -0.25) is 24.1 Å². The van der Waals surface area contributed by atoms with E-state index in [9.17, 15) is 33.4 Å². The number of Topliss-reactive ketones (excluding diaryl/α,β-unsaturated/α-hetero) is 1. The molecule has 0 aliphatic carbocycles. The number of amides is 1. The number of fused-ring (bicyclic) bond motifs is 1. The Balaban J connectivity index is 1.92. The molecule has 1 aliphatic rings. The number of halogens is 2. The van der Waals surface area contributed by atoms with E-state index in [1.165, 1.54) is 28.9 Å². The van der Waals surface area contributed by atoms with E-state index in [0.717, 1.165) is 12.1 Å². The molecule has 0 radical (unpaired) electrons. The van der Waals surface area contributed by atoms with E-state index in [1.54, 1.807) is 5.01 Å². The minimum atomic E-state index is -0.992. The standard InChI is InChI=1S/C27H35F2N3O6/c1-4-27(37,5-2)11-6-12-31-17-30(13-14-38-3)26(36)23-25(35)24(34)20(16-32(23)31)22(33)10-8-18-7-9-19(28)15-21(18)29/h7,9,15-16,35,37H,4-6,8,10-14,17H2,1-3H3. The predicted molar refractivity (Wildman–Crippen MR) is 137 cm³/mol. The van der Waals surface area contributed by atoms with Gasteiger partial charge in [-0.05, 0) is 43.7 Å². The highest BCUT2D eigenvalue weighted by Crippen LogP contribution is 2.25. The van der Waals surface area contributed by atoms with Crippen LogP contribution in [0.4, 0.5) is 8.78 Å². The van der Waals surface area contributed by atoms with Gasteiger partial charge in [-0.25, -0.2) is 8.78 Å². The largest absolute Gasteiger partial charge is 0.502 e. The molecule has 0 unspecified atom stereocenters. The SMILES string of the molecule is CCC(O)(CC)CCCN1CN(CCOC)C(=O)c2c(O)c(=O)c(C(=O)CCc3ccc(F)cc3F)cn21. The van der Waals surface area contributed by atoms with Gasteiger partial charge in [0.2, 0.25) is 5.43 Å². The van der Waals surface area contributed by atoms with Crippen LogP contribution in [0.2, 0.25) is 0 Å². The van der Waals surface area contributed by atoms with Crippen molar-refractivity contribution >= 4 is 11.7 Å². The third-order valence-electron chi connectivity index (χ3n) is 7.17. The van der Waals surface area contributed by atoms with E-state index >= 15 is 0 Å². The van der Waals surface area contributed by atoms with Crippen molar-refractivity contribution in [2.75, 3.05) is 38.5 Å². The lowest BCUT2D eigenvalue weighted by molar-refractivity contribution is 0.0213. The number of ether oxygens (including phenoxy) is 1. The molecule has 0 saturated carbocycles. The number of aromatic nitrogens is 1. The number of nitrogens with zero attached hydrogens (tertiary/aromatic N) is 3. The molecule has 38 heavy (non-hydrogen) atoms. The highest BCUT2D eigenvalue weighted by Gasteiger charge is 2.34. The van der Waals surface area contributed by atoms with Gasteiger partial charge in [0.05, 0.1) is 17.8 Å². The van der Waals surface area contributed by atoms with Crippen molar-refractivity contribution in [1.82, 2.24) is 9.58 Å². The van der Waals surface area contributed by atoms with Crippen molar-refractivity contribution in [3.05, 3.63) is 63.1 Å². The summed E-state index contributed by atoms with van der Waals surface area (Å²) in [6.45, 7) is 4.75. The Morgan fingerprint density at radius 2 is 1.87 bits per heavy atom. The zero-order valence-corrected chi connectivity index (χ0v) is 22.0. The summed E-state index contributed by atoms with van der Waals surface area (Å²) in [6, 6.07) is 3.04. The van der Waals surface area contributed by atoms with Gasteiger partial charge in [0.25, 0.3) is 5.91 Å². The molecule has 11 heteroatoms. The Hall–Kier alpha value is -3.31. The number of carbonyl (C=O) groups excluding carboxylic acids is 2. The van der Waals surface area contributed by atoms with Crippen molar-refractivity contribution < 1.29 is 33.3 Å². The van der Waals surface area contributed by atoms with Crippen LogP contribution in [0.25, 0.3) is 0 Å². The summed E-state index contributed by atoms with van der Waals surface area (Å²) in [5.74, 6) is -3.62. The van der Waals surface area contributed by atoms with Gasteiger partial charge < -0.3 is 19.8 Å². The zero-order chi connectivity index (χ0) is 28.0. The maximum Gasteiger partial charge on any atom is 0.277 e. The first-order chi connectivity index (χ1) is 18.0. The number of benzene rings is 1. The van der Waals surface area contributed by atoms with Gasteiger partial charge in [0.15, 0.2) is 17.2 Å². The quantitative estimate of drug-likeness (QED) is 0.379. The summed E-state index contributed by atoms with van der Waals surface area (Å²) in [7, 11) is 1.49. The van der Waals surface area contributed by atoms with E-state index in [-0.39, 0.29) is 49.5 Å². The van der Waals surface area contributed by atoms with E-state index in [4.69, 9.17) is 4.74 Å². The lowest BCUT2D eigenvalue weighted by Gasteiger charge is -2.40. The lowest BCUT2D eigenvalue weighted by atomic mass is 9.92. The lowest BCUT2D eigenvalue weighted by Crippen LogP contribution is -2.55. The number of hydrogen-bond acceptors (Lipinski definition) is 7. The second-order valence-corrected chi connectivity index (χ2v) is 9.54. The molecule has 0 spiro atoms. The summed E-state index contributed by atoms with van der Waals surface area (Å²) in [4.78, 5) is 40.5. The number of methoxy groups -OCH3 is 1. The molecule has 208 valence electrons. The molecule has 1 aliphatic heterocycles. The molecule has 3 rings (SSSR count). The fourth-order valence-electron chi connectivity index (χ4n) is 4.54. The average Bonchev–Trinajstić information content (AvgIpc) is 2.90. The Kier molecular flexibility index (Phi) is 9.61. The molecule has 2 aromatic rings. The molecule has 2 heterocycles. The summed E-state index contributed by atoms with van der Waals surface area (Å²) >= 11 is 0. The van der Waals surface area contributed by atoms with Gasteiger partial charge in [0.1, 0.15) is 18.3 Å². The first-order valence-corrected chi connectivity index (χ1v) is 12.8. The van der Waals surface area contributed by atoms with Crippen molar-refractivity contribution in [3.63, 3.8) is 0 Å². The van der Waals surface area contributed by atoms with Crippen LogP contribution in [0, 0.1) is 11.6 Å². The average molecular weight is 536 g/mol. The van der Waals surface area contributed by atoms with Crippen LogP contribution in [0.15, 0.2) is 29.2 Å². The van der Waals surface area contributed by atoms with Crippen LogP contribution in [0.1, 0.15) is 72.4 Å². The fraction of sp³-hybridized carbons (Fsp3) is 0.519. The predicted octanol–water partition coefficient (Wildman–Crippen LogP) is 2.98. The third kappa shape index (κ3) is 6.39. The highest BCUT2D eigenvalue weighted by molar-refractivity contribution is 6.00. The Labute approximate surface area is 220 Å². The normalized spacial score (nSPS) is 13.7. The Morgan fingerprint density at radius 1 is 1.16 bits per heavy atom. The van der Waals surface area contributed by atoms with E-state index in [0.29, 0.717) is 32.2 Å². The van der Waals surface area contributed by atoms with Crippen LogP contribution < -0.4 is 10.4 Å². The molecule has 1 amide bonds. The van der Waals surface area contributed by atoms with Crippen LogP contribution in [-0.4, -0.2) is 70.6 Å². The topological polar surface area (TPSA) is 112 Å². The Morgan fingerprint density at radius 3 is 2.50 bits per heavy atom. The number of ketones is 1. The van der Waals surface area contributed by atoms with Crippen LogP contribution >= 0.6 is 0 Å². The Bertz CT molecular complexity index is 1230. The summed E-state index contributed by atoms with van der Waals surface area (Å²) in [6.07, 6.45) is 3.11. The molecule has 0 fully saturated rings. The van der Waals surface area contributed by atoms with E-state index < -0.39 is 40.1 Å². The molecular weight excluding hydrogens is 500 g/mol. The minimum Gasteiger partial charge on any atom is -0.502 e. The van der Waals surface area contributed by atoms with Crippen LogP contribution in [0.5, 0.6) is 5.75 Å². The molecule has 1 aromatic carbocycles. The summed E-state index contributed by atoms with van der Waals surface area (Å²) in [5, 5.41) is 23.1. The molecular formula is C27H35F2N3O6. The maximum absolute atomic E-state index is 14.0. The molecule has 0 atom stereocenters.